The van der Waals surface area contributed by atoms with E-state index in [0.29, 0.717) is 5.56 Å². The Bertz CT molecular complexity index is 700. The fourth-order valence-corrected chi connectivity index (χ4v) is 2.01. The van der Waals surface area contributed by atoms with Crippen LogP contribution in [0, 0.1) is 17.0 Å². The van der Waals surface area contributed by atoms with E-state index in [-0.39, 0.29) is 22.7 Å². The summed E-state index contributed by atoms with van der Waals surface area (Å²) in [6, 6.07) is 7.51. The van der Waals surface area contributed by atoms with E-state index in [1.54, 1.807) is 20.8 Å². The third kappa shape index (κ3) is 3.10. The van der Waals surface area contributed by atoms with Crippen LogP contribution in [0.5, 0.6) is 5.75 Å². The first-order valence-electron chi connectivity index (χ1n) is 6.53. The summed E-state index contributed by atoms with van der Waals surface area (Å²) >= 11 is 0. The van der Waals surface area contributed by atoms with Crippen molar-refractivity contribution in [3.05, 3.63) is 53.6 Å². The molecule has 0 bridgehead atoms. The van der Waals surface area contributed by atoms with Crippen LogP contribution in [0.3, 0.4) is 0 Å². The summed E-state index contributed by atoms with van der Waals surface area (Å²) in [5, 5.41) is 9.85. The summed E-state index contributed by atoms with van der Waals surface area (Å²) in [5.74, 6) is -1.78. The van der Waals surface area contributed by atoms with Gasteiger partial charge in [0.05, 0.1) is 5.56 Å². The molecule has 0 saturated carbocycles. The molecule has 0 aliphatic carbocycles. The Balaban J connectivity index is 2.55. The predicted octanol–water partition coefficient (Wildman–Crippen LogP) is 4.57. The van der Waals surface area contributed by atoms with Crippen LogP contribution in [0.25, 0.3) is 11.1 Å². The van der Waals surface area contributed by atoms with E-state index in [9.17, 15) is 18.7 Å². The van der Waals surface area contributed by atoms with Crippen LogP contribution in [0.4, 0.5) is 8.78 Å². The molecule has 0 aromatic heterocycles. The quantitative estimate of drug-likeness (QED) is 0.823. The van der Waals surface area contributed by atoms with Gasteiger partial charge < -0.3 is 5.11 Å². The second-order valence-electron chi connectivity index (χ2n) is 5.94. The van der Waals surface area contributed by atoms with Crippen molar-refractivity contribution in [1.29, 1.82) is 0 Å². The Morgan fingerprint density at radius 2 is 1.71 bits per heavy atom. The number of phenols is 1. The molecular formula is C17H16F2O2. The van der Waals surface area contributed by atoms with E-state index in [1.165, 1.54) is 24.3 Å². The lowest BCUT2D eigenvalue weighted by atomic mass is 9.85. The Morgan fingerprint density at radius 1 is 1.05 bits per heavy atom. The number of hydrogen-bond acceptors (Lipinski definition) is 2. The highest BCUT2D eigenvalue weighted by molar-refractivity contribution is 6.03. The molecular weight excluding hydrogens is 274 g/mol. The zero-order chi connectivity index (χ0) is 15.8. The van der Waals surface area contributed by atoms with Gasteiger partial charge in [-0.3, -0.25) is 4.79 Å². The predicted molar refractivity (Wildman–Crippen MR) is 77.2 cm³/mol. The van der Waals surface area contributed by atoms with Crippen LogP contribution in [0.1, 0.15) is 31.1 Å². The molecule has 0 unspecified atom stereocenters. The summed E-state index contributed by atoms with van der Waals surface area (Å²) in [7, 11) is 0. The minimum atomic E-state index is -0.713. The number of aromatic hydroxyl groups is 1. The van der Waals surface area contributed by atoms with Crippen LogP contribution < -0.4 is 0 Å². The Hall–Kier alpha value is -2.23. The highest BCUT2D eigenvalue weighted by Gasteiger charge is 2.25. The molecule has 1 N–H and O–H groups in total. The van der Waals surface area contributed by atoms with E-state index < -0.39 is 17.0 Å². The van der Waals surface area contributed by atoms with Crippen molar-refractivity contribution < 1.29 is 18.7 Å². The topological polar surface area (TPSA) is 37.3 Å². The van der Waals surface area contributed by atoms with Crippen molar-refractivity contribution in [2.75, 3.05) is 0 Å². The molecule has 4 heteroatoms. The zero-order valence-corrected chi connectivity index (χ0v) is 12.1. The van der Waals surface area contributed by atoms with Crippen molar-refractivity contribution in [2.24, 2.45) is 5.41 Å². The fraction of sp³-hybridized carbons (Fsp3) is 0.235. The first kappa shape index (κ1) is 15.2. The number of halogens is 2. The van der Waals surface area contributed by atoms with Crippen molar-refractivity contribution in [3.63, 3.8) is 0 Å². The summed E-state index contributed by atoms with van der Waals surface area (Å²) in [6.07, 6.45) is 0. The van der Waals surface area contributed by atoms with E-state index in [0.717, 1.165) is 12.1 Å². The smallest absolute Gasteiger partial charge is 0.171 e. The van der Waals surface area contributed by atoms with Gasteiger partial charge in [-0.25, -0.2) is 8.78 Å². The van der Waals surface area contributed by atoms with Crippen molar-refractivity contribution >= 4 is 5.78 Å². The van der Waals surface area contributed by atoms with Gasteiger partial charge in [-0.05, 0) is 29.8 Å². The Morgan fingerprint density at radius 3 is 2.29 bits per heavy atom. The third-order valence-electron chi connectivity index (χ3n) is 3.16. The van der Waals surface area contributed by atoms with Gasteiger partial charge in [-0.15, -0.1) is 0 Å². The molecule has 2 rings (SSSR count). The number of ketones is 1. The van der Waals surface area contributed by atoms with Gasteiger partial charge in [-0.2, -0.15) is 0 Å². The average molecular weight is 290 g/mol. The Labute approximate surface area is 122 Å². The number of carbonyl (C=O) groups excluding carboxylic acids is 1. The minimum Gasteiger partial charge on any atom is -0.507 e. The van der Waals surface area contributed by atoms with E-state index in [1.807, 2.05) is 0 Å². The molecule has 0 amide bonds. The largest absolute Gasteiger partial charge is 0.507 e. The maximum absolute atomic E-state index is 13.8. The van der Waals surface area contributed by atoms with Crippen LogP contribution in [0.15, 0.2) is 36.4 Å². The molecule has 0 aliphatic heterocycles. The SMILES string of the molecule is CC(C)(C)C(=O)c1cc(-c2ccc(F)cc2F)ccc1O. The summed E-state index contributed by atoms with van der Waals surface area (Å²) in [5.41, 5.74) is 0.0539. The van der Waals surface area contributed by atoms with E-state index >= 15 is 0 Å². The summed E-state index contributed by atoms with van der Waals surface area (Å²) in [4.78, 5) is 12.3. The van der Waals surface area contributed by atoms with Gasteiger partial charge in [0.15, 0.2) is 5.78 Å². The lowest BCUT2D eigenvalue weighted by molar-refractivity contribution is 0.0855. The van der Waals surface area contributed by atoms with E-state index in [2.05, 4.69) is 0 Å². The van der Waals surface area contributed by atoms with Crippen molar-refractivity contribution in [2.45, 2.75) is 20.8 Å². The zero-order valence-electron chi connectivity index (χ0n) is 12.1. The molecule has 2 aromatic rings. The fourth-order valence-electron chi connectivity index (χ4n) is 2.01. The number of phenolic OH excluding ortho intramolecular Hbond substituents is 1. The number of Topliss-reactive ketones (excluding diaryl/α,β-unsaturated/α-hetero) is 1. The standard InChI is InChI=1S/C17H16F2O2/c1-17(2,3)16(21)13-8-10(4-7-15(13)20)12-6-5-11(18)9-14(12)19/h4-9,20H,1-3H3. The molecule has 2 aromatic carbocycles. The second-order valence-corrected chi connectivity index (χ2v) is 5.94. The lowest BCUT2D eigenvalue weighted by Crippen LogP contribution is -2.20. The number of hydrogen-bond donors (Lipinski definition) is 1. The van der Waals surface area contributed by atoms with Crippen LogP contribution in [-0.2, 0) is 0 Å². The van der Waals surface area contributed by atoms with Gasteiger partial charge in [-0.1, -0.05) is 26.8 Å². The summed E-state index contributed by atoms with van der Waals surface area (Å²) < 4.78 is 26.8. The van der Waals surface area contributed by atoms with E-state index in [4.69, 9.17) is 0 Å². The molecule has 0 radical (unpaired) electrons. The Kier molecular flexibility index (Phi) is 3.81. The normalized spacial score (nSPS) is 11.5. The number of carbonyl (C=O) groups is 1. The highest BCUT2D eigenvalue weighted by atomic mass is 19.1. The molecule has 0 atom stereocenters. The first-order chi connectivity index (χ1) is 9.70. The van der Waals surface area contributed by atoms with Crippen LogP contribution >= 0.6 is 0 Å². The van der Waals surface area contributed by atoms with Gasteiger partial charge in [0, 0.05) is 17.0 Å². The maximum atomic E-state index is 13.8. The third-order valence-corrected chi connectivity index (χ3v) is 3.16. The molecule has 21 heavy (non-hydrogen) atoms. The monoisotopic (exact) mass is 290 g/mol. The van der Waals surface area contributed by atoms with Crippen LogP contribution in [0.2, 0.25) is 0 Å². The summed E-state index contributed by atoms with van der Waals surface area (Å²) in [6.45, 7) is 5.21. The average Bonchev–Trinajstić information content (AvgIpc) is 2.38. The molecule has 2 nitrogen and oxygen atoms in total. The van der Waals surface area contributed by atoms with Crippen molar-refractivity contribution in [1.82, 2.24) is 0 Å². The molecule has 0 spiro atoms. The van der Waals surface area contributed by atoms with Crippen LogP contribution in [-0.4, -0.2) is 10.9 Å². The molecule has 110 valence electrons. The van der Waals surface area contributed by atoms with Gasteiger partial charge in [0.2, 0.25) is 0 Å². The van der Waals surface area contributed by atoms with Gasteiger partial charge >= 0.3 is 0 Å². The maximum Gasteiger partial charge on any atom is 0.171 e. The molecule has 0 heterocycles. The van der Waals surface area contributed by atoms with Crippen molar-refractivity contribution in [3.8, 4) is 16.9 Å². The lowest BCUT2D eigenvalue weighted by Gasteiger charge is -2.18. The highest BCUT2D eigenvalue weighted by Crippen LogP contribution is 2.32. The minimum absolute atomic E-state index is 0.128. The molecule has 0 fully saturated rings. The van der Waals surface area contributed by atoms with Gasteiger partial charge in [0.25, 0.3) is 0 Å². The number of rotatable bonds is 2. The first-order valence-corrected chi connectivity index (χ1v) is 6.53. The second kappa shape index (κ2) is 5.28. The number of benzene rings is 2. The van der Waals surface area contributed by atoms with Gasteiger partial charge in [0.1, 0.15) is 17.4 Å². The molecule has 0 aliphatic rings. The molecule has 0 saturated heterocycles.